The molecule has 0 saturated heterocycles. The van der Waals surface area contributed by atoms with Crippen molar-refractivity contribution in [1.82, 2.24) is 14.9 Å². The van der Waals surface area contributed by atoms with E-state index in [1.807, 2.05) is 72.4 Å². The number of carbonyl (C=O) groups excluding carboxylic acids is 1. The summed E-state index contributed by atoms with van der Waals surface area (Å²) in [5.41, 5.74) is 0.933. The molecule has 27 heavy (non-hydrogen) atoms. The van der Waals surface area contributed by atoms with E-state index in [2.05, 4.69) is 10.3 Å². The first-order valence-corrected chi connectivity index (χ1v) is 9.21. The van der Waals surface area contributed by atoms with Crippen molar-refractivity contribution in [3.05, 3.63) is 83.4 Å². The number of nitrogens with zero attached hydrogens (tertiary/aromatic N) is 2. The third-order valence-electron chi connectivity index (χ3n) is 4.19. The summed E-state index contributed by atoms with van der Waals surface area (Å²) in [6.07, 6.45) is 4.59. The van der Waals surface area contributed by atoms with E-state index in [0.717, 1.165) is 17.1 Å². The zero-order chi connectivity index (χ0) is 19.1. The second-order valence-corrected chi connectivity index (χ2v) is 6.65. The Balaban J connectivity index is 1.59. The van der Waals surface area contributed by atoms with Gasteiger partial charge in [0.2, 0.25) is 5.91 Å². The minimum absolute atomic E-state index is 0.0467. The minimum Gasteiger partial charge on any atom is -0.494 e. The zero-order valence-corrected chi connectivity index (χ0v) is 15.9. The van der Waals surface area contributed by atoms with Crippen molar-refractivity contribution >= 4 is 17.5 Å². The van der Waals surface area contributed by atoms with Gasteiger partial charge in [0.1, 0.15) is 17.6 Å². The van der Waals surface area contributed by atoms with Gasteiger partial charge in [0, 0.05) is 30.9 Å². The molecule has 0 aliphatic rings. The number of aryl methyl sites for hydroxylation is 1. The molecule has 0 unspecified atom stereocenters. The van der Waals surface area contributed by atoms with Crippen LogP contribution in [0.1, 0.15) is 30.3 Å². The summed E-state index contributed by atoms with van der Waals surface area (Å²) in [7, 11) is 1.91. The van der Waals surface area contributed by atoms with Crippen LogP contribution in [0.5, 0.6) is 5.75 Å². The van der Waals surface area contributed by atoms with Crippen LogP contribution in [0.3, 0.4) is 0 Å². The van der Waals surface area contributed by atoms with E-state index in [4.69, 9.17) is 16.3 Å². The largest absolute Gasteiger partial charge is 0.494 e. The topological polar surface area (TPSA) is 56.2 Å². The molecule has 1 aromatic heterocycles. The molecule has 140 valence electrons. The molecule has 1 amide bonds. The molecule has 0 radical (unpaired) electrons. The number of para-hydroxylation sites is 1. The molecule has 5 nitrogen and oxygen atoms in total. The van der Waals surface area contributed by atoms with Crippen molar-refractivity contribution < 1.29 is 9.53 Å². The van der Waals surface area contributed by atoms with E-state index < -0.39 is 0 Å². The van der Waals surface area contributed by atoms with Gasteiger partial charge >= 0.3 is 0 Å². The smallest absolute Gasteiger partial charge is 0.220 e. The summed E-state index contributed by atoms with van der Waals surface area (Å²) in [4.78, 5) is 16.9. The number of ether oxygens (including phenoxy) is 1. The quantitative estimate of drug-likeness (QED) is 0.595. The van der Waals surface area contributed by atoms with Gasteiger partial charge in [0.05, 0.1) is 6.61 Å². The molecule has 2 aromatic carbocycles. The third-order valence-corrected chi connectivity index (χ3v) is 4.44. The molecule has 0 aliphatic carbocycles. The van der Waals surface area contributed by atoms with E-state index >= 15 is 0 Å². The lowest BCUT2D eigenvalue weighted by molar-refractivity contribution is -0.121. The van der Waals surface area contributed by atoms with Gasteiger partial charge in [-0.15, -0.1) is 0 Å². The van der Waals surface area contributed by atoms with Crippen molar-refractivity contribution in [2.75, 3.05) is 6.61 Å². The van der Waals surface area contributed by atoms with Crippen LogP contribution < -0.4 is 10.1 Å². The second-order valence-electron chi connectivity index (χ2n) is 6.21. The van der Waals surface area contributed by atoms with Crippen LogP contribution in [0, 0.1) is 0 Å². The molecule has 3 aromatic rings. The van der Waals surface area contributed by atoms with Crippen LogP contribution in [0.25, 0.3) is 0 Å². The summed E-state index contributed by atoms with van der Waals surface area (Å²) in [5.74, 6) is 1.53. The second kappa shape index (κ2) is 9.24. The Kier molecular flexibility index (Phi) is 6.49. The number of benzene rings is 2. The van der Waals surface area contributed by atoms with Gasteiger partial charge in [-0.1, -0.05) is 41.9 Å². The van der Waals surface area contributed by atoms with Gasteiger partial charge in [-0.3, -0.25) is 4.79 Å². The lowest BCUT2D eigenvalue weighted by Crippen LogP contribution is -2.31. The highest BCUT2D eigenvalue weighted by atomic mass is 35.5. The van der Waals surface area contributed by atoms with Gasteiger partial charge in [-0.05, 0) is 36.2 Å². The molecule has 3 rings (SSSR count). The Morgan fingerprint density at radius 2 is 1.93 bits per heavy atom. The Morgan fingerprint density at radius 3 is 2.59 bits per heavy atom. The summed E-state index contributed by atoms with van der Waals surface area (Å²) in [6.45, 7) is 0.492. The first kappa shape index (κ1) is 19.0. The predicted octanol–water partition coefficient (Wildman–Crippen LogP) is 4.14. The summed E-state index contributed by atoms with van der Waals surface area (Å²) in [5, 5.41) is 3.73. The first-order valence-electron chi connectivity index (χ1n) is 8.83. The van der Waals surface area contributed by atoms with Gasteiger partial charge in [-0.2, -0.15) is 0 Å². The summed E-state index contributed by atoms with van der Waals surface area (Å²) < 4.78 is 7.54. The third kappa shape index (κ3) is 5.34. The number of aromatic nitrogens is 2. The summed E-state index contributed by atoms with van der Waals surface area (Å²) in [6, 6.07) is 16.7. The average Bonchev–Trinajstić information content (AvgIpc) is 3.11. The number of hydrogen-bond donors (Lipinski definition) is 1. The van der Waals surface area contributed by atoms with Gasteiger partial charge in [0.25, 0.3) is 0 Å². The number of halogens is 1. The minimum atomic E-state index is -0.329. The van der Waals surface area contributed by atoms with Crippen molar-refractivity contribution in [2.45, 2.75) is 18.9 Å². The fraction of sp³-hybridized carbons (Fsp3) is 0.238. The monoisotopic (exact) mass is 383 g/mol. The Hall–Kier alpha value is -2.79. The van der Waals surface area contributed by atoms with Crippen molar-refractivity contribution in [3.63, 3.8) is 0 Å². The molecule has 1 heterocycles. The van der Waals surface area contributed by atoms with Crippen LogP contribution in [-0.2, 0) is 11.8 Å². The van der Waals surface area contributed by atoms with Crippen molar-refractivity contribution in [2.24, 2.45) is 7.05 Å². The maximum absolute atomic E-state index is 12.5. The van der Waals surface area contributed by atoms with E-state index in [1.165, 1.54) is 0 Å². The number of amides is 1. The van der Waals surface area contributed by atoms with Gasteiger partial charge < -0.3 is 14.6 Å². The molecule has 1 N–H and O–H groups in total. The lowest BCUT2D eigenvalue weighted by Gasteiger charge is -2.19. The zero-order valence-electron chi connectivity index (χ0n) is 15.1. The van der Waals surface area contributed by atoms with E-state index in [-0.39, 0.29) is 11.9 Å². The normalized spacial score (nSPS) is 11.8. The average molecular weight is 384 g/mol. The summed E-state index contributed by atoms with van der Waals surface area (Å²) >= 11 is 5.99. The number of carbonyl (C=O) groups is 1. The standard InChI is InChI=1S/C21H22ClN3O2/c1-25-14-13-23-21(25)20(16-9-11-17(22)12-10-16)24-19(26)8-5-15-27-18-6-3-2-4-7-18/h2-4,6-7,9-14,20H,5,8,15H2,1H3,(H,24,26)/t20-/m0/s1. The SMILES string of the molecule is Cn1ccnc1[C@@H](NC(=O)CCCOc1ccccc1)c1ccc(Cl)cc1. The molecular weight excluding hydrogens is 362 g/mol. The fourth-order valence-corrected chi connectivity index (χ4v) is 2.91. The molecular formula is C21H22ClN3O2. The Bertz CT molecular complexity index is 863. The number of hydrogen-bond acceptors (Lipinski definition) is 3. The molecule has 0 fully saturated rings. The molecule has 0 aliphatic heterocycles. The number of rotatable bonds is 8. The van der Waals surface area contributed by atoms with Crippen LogP contribution in [0.2, 0.25) is 5.02 Å². The molecule has 0 saturated carbocycles. The van der Waals surface area contributed by atoms with Gasteiger partial charge in [-0.25, -0.2) is 4.98 Å². The number of nitrogens with one attached hydrogen (secondary N) is 1. The Labute approximate surface area is 164 Å². The maximum Gasteiger partial charge on any atom is 0.220 e. The van der Waals surface area contributed by atoms with E-state index in [9.17, 15) is 4.79 Å². The lowest BCUT2D eigenvalue weighted by atomic mass is 10.1. The predicted molar refractivity (Wildman–Crippen MR) is 106 cm³/mol. The Morgan fingerprint density at radius 1 is 1.19 bits per heavy atom. The highest BCUT2D eigenvalue weighted by molar-refractivity contribution is 6.30. The van der Waals surface area contributed by atoms with Gasteiger partial charge in [0.15, 0.2) is 0 Å². The molecule has 6 heteroatoms. The van der Waals surface area contributed by atoms with Crippen LogP contribution >= 0.6 is 11.6 Å². The fourth-order valence-electron chi connectivity index (χ4n) is 2.78. The maximum atomic E-state index is 12.5. The molecule has 1 atom stereocenters. The highest BCUT2D eigenvalue weighted by Crippen LogP contribution is 2.22. The van der Waals surface area contributed by atoms with Crippen LogP contribution in [0.4, 0.5) is 0 Å². The first-order chi connectivity index (χ1) is 13.1. The number of imidazole rings is 1. The van der Waals surface area contributed by atoms with Crippen molar-refractivity contribution in [3.8, 4) is 5.75 Å². The van der Waals surface area contributed by atoms with Crippen molar-refractivity contribution in [1.29, 1.82) is 0 Å². The molecule has 0 spiro atoms. The molecule has 0 bridgehead atoms. The highest BCUT2D eigenvalue weighted by Gasteiger charge is 2.20. The van der Waals surface area contributed by atoms with Crippen LogP contribution in [0.15, 0.2) is 67.0 Å². The van der Waals surface area contributed by atoms with E-state index in [1.54, 1.807) is 6.20 Å². The van der Waals surface area contributed by atoms with Crippen LogP contribution in [-0.4, -0.2) is 22.1 Å². The van der Waals surface area contributed by atoms with E-state index in [0.29, 0.717) is 24.5 Å².